The highest BCUT2D eigenvalue weighted by atomic mass is 16.5. The zero-order chi connectivity index (χ0) is 20.1. The van der Waals surface area contributed by atoms with E-state index in [1.54, 1.807) is 0 Å². The fraction of sp³-hybridized carbons (Fsp3) is 0.640. The molecule has 1 aliphatic heterocycles. The van der Waals surface area contributed by atoms with Crippen molar-refractivity contribution in [3.63, 3.8) is 0 Å². The minimum atomic E-state index is -0.00787. The van der Waals surface area contributed by atoms with Crippen LogP contribution in [0.3, 0.4) is 0 Å². The van der Waals surface area contributed by atoms with Gasteiger partial charge in [-0.1, -0.05) is 68.5 Å². The minimum absolute atomic E-state index is 0.00787. The third-order valence-corrected chi connectivity index (χ3v) is 5.89. The Balaban J connectivity index is 1.83. The van der Waals surface area contributed by atoms with Gasteiger partial charge in [0.15, 0.2) is 6.54 Å². The normalized spacial score (nSPS) is 16.7. The van der Waals surface area contributed by atoms with Gasteiger partial charge in [0.25, 0.3) is 0 Å². The van der Waals surface area contributed by atoms with Crippen LogP contribution in [-0.4, -0.2) is 43.2 Å². The highest BCUT2D eigenvalue weighted by molar-refractivity contribution is 5.70. The number of carbonyl (C=O) groups is 1. The number of benzene rings is 1. The summed E-state index contributed by atoms with van der Waals surface area (Å²) >= 11 is 0. The zero-order valence-corrected chi connectivity index (χ0v) is 18.1. The van der Waals surface area contributed by atoms with Gasteiger partial charge in [-0.15, -0.1) is 0 Å². The van der Waals surface area contributed by atoms with E-state index < -0.39 is 0 Å². The Bertz CT molecular complexity index is 588. The van der Waals surface area contributed by atoms with Crippen LogP contribution in [0.2, 0.25) is 0 Å². The van der Waals surface area contributed by atoms with E-state index in [0.717, 1.165) is 37.0 Å². The van der Waals surface area contributed by atoms with Gasteiger partial charge in [-0.3, -0.25) is 0 Å². The minimum Gasteiger partial charge on any atom is -0.462 e. The van der Waals surface area contributed by atoms with Crippen LogP contribution in [0.1, 0.15) is 70.8 Å². The molecule has 1 aromatic carbocycles. The number of piperidine rings is 1. The molecule has 0 unspecified atom stereocenters. The van der Waals surface area contributed by atoms with Gasteiger partial charge in [0, 0.05) is 0 Å². The highest BCUT2D eigenvalue weighted by Gasteiger charge is 2.32. The number of esters is 1. The molecule has 28 heavy (non-hydrogen) atoms. The van der Waals surface area contributed by atoms with Crippen LogP contribution < -0.4 is 0 Å². The fourth-order valence-corrected chi connectivity index (χ4v) is 4.14. The molecule has 0 N–H and O–H groups in total. The molecule has 156 valence electrons. The Morgan fingerprint density at radius 2 is 1.75 bits per heavy atom. The molecule has 0 saturated carbocycles. The second-order valence-electron chi connectivity index (χ2n) is 8.54. The van der Waals surface area contributed by atoms with Gasteiger partial charge in [0.05, 0.1) is 26.2 Å². The number of quaternary nitrogens is 1. The van der Waals surface area contributed by atoms with E-state index in [2.05, 4.69) is 50.3 Å². The first kappa shape index (κ1) is 22.7. The number of allylic oxidation sites excluding steroid dienone is 1. The Morgan fingerprint density at radius 1 is 1.04 bits per heavy atom. The number of rotatable bonds is 12. The van der Waals surface area contributed by atoms with Crippen molar-refractivity contribution < 1.29 is 14.0 Å². The SMILES string of the molecule is CCCCCCCOC(=O)C[N+]1(C/C=C(/C)Cc2ccccc2)CCCCC1. The molecule has 0 spiro atoms. The summed E-state index contributed by atoms with van der Waals surface area (Å²) in [6.07, 6.45) is 13.0. The van der Waals surface area contributed by atoms with Crippen molar-refractivity contribution >= 4 is 5.97 Å². The quantitative estimate of drug-likeness (QED) is 0.200. The van der Waals surface area contributed by atoms with E-state index in [-0.39, 0.29) is 5.97 Å². The molecule has 0 aliphatic carbocycles. The van der Waals surface area contributed by atoms with Crippen molar-refractivity contribution in [1.82, 2.24) is 0 Å². The molecule has 0 aromatic heterocycles. The number of unbranched alkanes of at least 4 members (excludes halogenated alkanes) is 4. The monoisotopic (exact) mass is 386 g/mol. The first-order valence-corrected chi connectivity index (χ1v) is 11.3. The molecule has 0 amide bonds. The molecular weight excluding hydrogens is 346 g/mol. The van der Waals surface area contributed by atoms with Crippen molar-refractivity contribution in [3.05, 3.63) is 47.5 Å². The van der Waals surface area contributed by atoms with E-state index in [0.29, 0.717) is 13.2 Å². The molecular formula is C25H40NO2+. The maximum absolute atomic E-state index is 12.5. The summed E-state index contributed by atoms with van der Waals surface area (Å²) < 4.78 is 6.45. The zero-order valence-electron chi connectivity index (χ0n) is 18.1. The standard InChI is InChI=1S/C25H40NO2/c1-3-4-5-6-13-20-28-25(27)22-26(17-11-8-12-18-26)19-16-23(2)21-24-14-9-7-10-15-24/h7,9-10,14-16H,3-6,8,11-13,17-22H2,1-2H3/q+1/b23-16-. The molecule has 0 atom stereocenters. The molecule has 3 heteroatoms. The van der Waals surface area contributed by atoms with Crippen LogP contribution in [0.5, 0.6) is 0 Å². The lowest BCUT2D eigenvalue weighted by atomic mass is 10.0. The molecule has 1 saturated heterocycles. The smallest absolute Gasteiger partial charge is 0.361 e. The highest BCUT2D eigenvalue weighted by Crippen LogP contribution is 2.20. The van der Waals surface area contributed by atoms with Gasteiger partial charge in [-0.2, -0.15) is 0 Å². The van der Waals surface area contributed by atoms with Gasteiger partial charge in [-0.25, -0.2) is 4.79 Å². The van der Waals surface area contributed by atoms with Crippen LogP contribution in [0, 0.1) is 0 Å². The van der Waals surface area contributed by atoms with Crippen molar-refractivity contribution in [2.45, 2.75) is 71.6 Å². The van der Waals surface area contributed by atoms with Crippen molar-refractivity contribution in [2.24, 2.45) is 0 Å². The summed E-state index contributed by atoms with van der Waals surface area (Å²) in [5, 5.41) is 0. The first-order valence-electron chi connectivity index (χ1n) is 11.3. The van der Waals surface area contributed by atoms with Crippen LogP contribution >= 0.6 is 0 Å². The summed E-state index contributed by atoms with van der Waals surface area (Å²) in [4.78, 5) is 12.5. The van der Waals surface area contributed by atoms with E-state index in [1.807, 2.05) is 0 Å². The number of carbonyl (C=O) groups excluding carboxylic acids is 1. The number of ether oxygens (including phenoxy) is 1. The molecule has 1 aliphatic rings. The molecule has 1 fully saturated rings. The largest absolute Gasteiger partial charge is 0.462 e. The molecule has 0 bridgehead atoms. The van der Waals surface area contributed by atoms with E-state index >= 15 is 0 Å². The molecule has 3 nitrogen and oxygen atoms in total. The lowest BCUT2D eigenvalue weighted by Gasteiger charge is -2.40. The van der Waals surface area contributed by atoms with E-state index in [1.165, 1.54) is 56.1 Å². The van der Waals surface area contributed by atoms with Crippen LogP contribution in [-0.2, 0) is 16.0 Å². The van der Waals surface area contributed by atoms with Gasteiger partial charge >= 0.3 is 5.97 Å². The van der Waals surface area contributed by atoms with Gasteiger partial charge in [0.1, 0.15) is 0 Å². The number of hydrogen-bond acceptors (Lipinski definition) is 2. The molecule has 1 aromatic rings. The second kappa shape index (κ2) is 12.8. The molecule has 0 radical (unpaired) electrons. The van der Waals surface area contributed by atoms with Gasteiger partial charge in [-0.05, 0) is 50.7 Å². The van der Waals surface area contributed by atoms with Crippen molar-refractivity contribution in [3.8, 4) is 0 Å². The topological polar surface area (TPSA) is 26.3 Å². The third-order valence-electron chi connectivity index (χ3n) is 5.89. The molecule has 2 rings (SSSR count). The molecule has 1 heterocycles. The Labute approximate surface area is 172 Å². The van der Waals surface area contributed by atoms with Crippen LogP contribution in [0.4, 0.5) is 0 Å². The van der Waals surface area contributed by atoms with Gasteiger partial charge in [0.2, 0.25) is 0 Å². The van der Waals surface area contributed by atoms with Crippen molar-refractivity contribution in [2.75, 3.05) is 32.8 Å². The van der Waals surface area contributed by atoms with Crippen LogP contribution in [0.15, 0.2) is 42.0 Å². The average Bonchev–Trinajstić information content (AvgIpc) is 2.71. The maximum Gasteiger partial charge on any atom is 0.361 e. The first-order chi connectivity index (χ1) is 13.6. The summed E-state index contributed by atoms with van der Waals surface area (Å²) in [5.41, 5.74) is 2.74. The summed E-state index contributed by atoms with van der Waals surface area (Å²) in [7, 11) is 0. The Hall–Kier alpha value is -1.61. The van der Waals surface area contributed by atoms with Crippen LogP contribution in [0.25, 0.3) is 0 Å². The Morgan fingerprint density at radius 3 is 2.46 bits per heavy atom. The lowest BCUT2D eigenvalue weighted by Crippen LogP contribution is -2.54. The summed E-state index contributed by atoms with van der Waals surface area (Å²) in [6, 6.07) is 10.6. The predicted molar refractivity (Wildman–Crippen MR) is 117 cm³/mol. The number of nitrogens with zero attached hydrogens (tertiary/aromatic N) is 1. The van der Waals surface area contributed by atoms with Crippen molar-refractivity contribution in [1.29, 1.82) is 0 Å². The number of likely N-dealkylation sites (tertiary alicyclic amines) is 1. The maximum atomic E-state index is 12.5. The van der Waals surface area contributed by atoms with E-state index in [9.17, 15) is 4.79 Å². The average molecular weight is 387 g/mol. The Kier molecular flexibility index (Phi) is 10.3. The lowest BCUT2D eigenvalue weighted by molar-refractivity contribution is -0.920. The fourth-order valence-electron chi connectivity index (χ4n) is 4.14. The predicted octanol–water partition coefficient (Wildman–Crippen LogP) is 5.69. The summed E-state index contributed by atoms with van der Waals surface area (Å²) in [5.74, 6) is -0.00787. The summed E-state index contributed by atoms with van der Waals surface area (Å²) in [6.45, 7) is 8.70. The van der Waals surface area contributed by atoms with Gasteiger partial charge < -0.3 is 9.22 Å². The van der Waals surface area contributed by atoms with E-state index in [4.69, 9.17) is 4.74 Å². The number of hydrogen-bond donors (Lipinski definition) is 0. The third kappa shape index (κ3) is 8.60. The second-order valence-corrected chi connectivity index (χ2v) is 8.54.